The lowest BCUT2D eigenvalue weighted by molar-refractivity contribution is -0.0168. The molecule has 1 N–H and O–H groups in total. The van der Waals surface area contributed by atoms with Crippen molar-refractivity contribution in [3.63, 3.8) is 0 Å². The Morgan fingerprint density at radius 3 is 2.67 bits per heavy atom. The number of methoxy groups -OCH3 is 1. The summed E-state index contributed by atoms with van der Waals surface area (Å²) in [6, 6.07) is 0.565. The van der Waals surface area contributed by atoms with Crippen LogP contribution in [0.3, 0.4) is 0 Å². The highest BCUT2D eigenvalue weighted by molar-refractivity contribution is 4.85. The number of hydrogen-bond donors (Lipinski definition) is 1. The lowest BCUT2D eigenvalue weighted by atomic mass is 9.82. The van der Waals surface area contributed by atoms with E-state index >= 15 is 0 Å². The summed E-state index contributed by atoms with van der Waals surface area (Å²) in [5, 5.41) is 3.65. The third-order valence-corrected chi connectivity index (χ3v) is 3.96. The molecule has 0 aliphatic heterocycles. The van der Waals surface area contributed by atoms with Crippen molar-refractivity contribution in [2.45, 2.75) is 64.5 Å². The van der Waals surface area contributed by atoms with Gasteiger partial charge in [-0.25, -0.2) is 0 Å². The second-order valence-electron chi connectivity index (χ2n) is 5.40. The number of rotatable bonds is 9. The van der Waals surface area contributed by atoms with E-state index in [0.29, 0.717) is 12.1 Å². The van der Waals surface area contributed by atoms with Crippen LogP contribution >= 0.6 is 0 Å². The summed E-state index contributed by atoms with van der Waals surface area (Å²) >= 11 is 0. The molecular weight excluding hydrogens is 226 g/mol. The highest BCUT2D eigenvalue weighted by atomic mass is 16.5. The van der Waals surface area contributed by atoms with Crippen LogP contribution in [-0.4, -0.2) is 39.0 Å². The van der Waals surface area contributed by atoms with E-state index in [1.807, 2.05) is 0 Å². The second-order valence-corrected chi connectivity index (χ2v) is 5.40. The minimum Gasteiger partial charge on any atom is -0.385 e. The fourth-order valence-electron chi connectivity index (χ4n) is 2.77. The van der Waals surface area contributed by atoms with Crippen molar-refractivity contribution in [2.24, 2.45) is 5.92 Å². The Balaban J connectivity index is 2.33. The molecule has 0 spiro atoms. The highest BCUT2D eigenvalue weighted by Gasteiger charge is 2.29. The first-order valence-corrected chi connectivity index (χ1v) is 7.65. The van der Waals surface area contributed by atoms with Gasteiger partial charge in [0.05, 0.1) is 6.10 Å². The Labute approximate surface area is 113 Å². The molecule has 0 radical (unpaired) electrons. The maximum atomic E-state index is 6.08. The summed E-state index contributed by atoms with van der Waals surface area (Å²) in [5.41, 5.74) is 0. The Morgan fingerprint density at radius 1 is 1.17 bits per heavy atom. The molecule has 1 aliphatic rings. The molecule has 0 saturated heterocycles. The molecule has 3 heteroatoms. The van der Waals surface area contributed by atoms with Gasteiger partial charge in [-0.15, -0.1) is 0 Å². The molecule has 0 aromatic heterocycles. The van der Waals surface area contributed by atoms with Crippen LogP contribution in [0.25, 0.3) is 0 Å². The third-order valence-electron chi connectivity index (χ3n) is 3.96. The van der Waals surface area contributed by atoms with Gasteiger partial charge in [0, 0.05) is 26.4 Å². The van der Waals surface area contributed by atoms with Gasteiger partial charge >= 0.3 is 0 Å². The van der Waals surface area contributed by atoms with E-state index in [1.54, 1.807) is 7.11 Å². The van der Waals surface area contributed by atoms with Gasteiger partial charge in [0.25, 0.3) is 0 Å². The molecule has 3 nitrogen and oxygen atoms in total. The lowest BCUT2D eigenvalue weighted by Crippen LogP contribution is -2.46. The van der Waals surface area contributed by atoms with Gasteiger partial charge in [-0.3, -0.25) is 0 Å². The number of nitrogens with one attached hydrogen (secondary N) is 1. The van der Waals surface area contributed by atoms with E-state index in [2.05, 4.69) is 19.2 Å². The van der Waals surface area contributed by atoms with E-state index in [0.717, 1.165) is 32.1 Å². The zero-order valence-corrected chi connectivity index (χ0v) is 12.4. The first-order chi connectivity index (χ1) is 8.81. The average Bonchev–Trinajstić information content (AvgIpc) is 2.42. The van der Waals surface area contributed by atoms with Crippen LogP contribution in [0.5, 0.6) is 0 Å². The Bertz CT molecular complexity index is 199. The van der Waals surface area contributed by atoms with Gasteiger partial charge in [0.1, 0.15) is 0 Å². The first kappa shape index (κ1) is 15.9. The standard InChI is InChI=1S/C15H31NO2/c1-4-9-16-14-8-7-13(5-2)12-15(14)18-11-6-10-17-3/h13-16H,4-12H2,1-3H3. The van der Waals surface area contributed by atoms with Gasteiger partial charge in [0.15, 0.2) is 0 Å². The highest BCUT2D eigenvalue weighted by Crippen LogP contribution is 2.29. The quantitative estimate of drug-likeness (QED) is 0.644. The molecule has 18 heavy (non-hydrogen) atoms. The maximum absolute atomic E-state index is 6.08. The summed E-state index contributed by atoms with van der Waals surface area (Å²) in [4.78, 5) is 0. The van der Waals surface area contributed by atoms with E-state index in [4.69, 9.17) is 9.47 Å². The van der Waals surface area contributed by atoms with Gasteiger partial charge in [0.2, 0.25) is 0 Å². The van der Waals surface area contributed by atoms with Crippen molar-refractivity contribution < 1.29 is 9.47 Å². The van der Waals surface area contributed by atoms with Crippen molar-refractivity contribution in [3.8, 4) is 0 Å². The van der Waals surface area contributed by atoms with Crippen LogP contribution in [-0.2, 0) is 9.47 Å². The zero-order chi connectivity index (χ0) is 13.2. The summed E-state index contributed by atoms with van der Waals surface area (Å²) in [5.74, 6) is 0.858. The van der Waals surface area contributed by atoms with Crippen LogP contribution in [0.15, 0.2) is 0 Å². The molecule has 1 saturated carbocycles. The van der Waals surface area contributed by atoms with Crippen molar-refractivity contribution in [1.82, 2.24) is 5.32 Å². The minimum absolute atomic E-state index is 0.409. The smallest absolute Gasteiger partial charge is 0.0730 e. The van der Waals surface area contributed by atoms with Crippen molar-refractivity contribution >= 4 is 0 Å². The molecule has 0 aromatic carbocycles. The normalized spacial score (nSPS) is 28.5. The fraction of sp³-hybridized carbons (Fsp3) is 1.00. The topological polar surface area (TPSA) is 30.5 Å². The maximum Gasteiger partial charge on any atom is 0.0730 e. The molecule has 0 aromatic rings. The number of hydrogen-bond acceptors (Lipinski definition) is 3. The summed E-state index contributed by atoms with van der Waals surface area (Å²) in [7, 11) is 1.75. The van der Waals surface area contributed by atoms with Crippen LogP contribution in [0.1, 0.15) is 52.4 Å². The van der Waals surface area contributed by atoms with Crippen molar-refractivity contribution in [2.75, 3.05) is 26.9 Å². The molecular formula is C15H31NO2. The van der Waals surface area contributed by atoms with Crippen molar-refractivity contribution in [1.29, 1.82) is 0 Å². The average molecular weight is 257 g/mol. The van der Waals surface area contributed by atoms with Crippen LogP contribution in [0.4, 0.5) is 0 Å². The van der Waals surface area contributed by atoms with Crippen LogP contribution in [0, 0.1) is 5.92 Å². The van der Waals surface area contributed by atoms with Gasteiger partial charge < -0.3 is 14.8 Å². The second kappa shape index (κ2) is 9.76. The number of ether oxygens (including phenoxy) is 2. The van der Waals surface area contributed by atoms with E-state index in [-0.39, 0.29) is 0 Å². The molecule has 0 heterocycles. The Hall–Kier alpha value is -0.120. The van der Waals surface area contributed by atoms with Crippen LogP contribution in [0.2, 0.25) is 0 Å². The Kier molecular flexibility index (Phi) is 8.64. The lowest BCUT2D eigenvalue weighted by Gasteiger charge is -2.36. The largest absolute Gasteiger partial charge is 0.385 e. The molecule has 1 fully saturated rings. The summed E-state index contributed by atoms with van der Waals surface area (Å²) in [6.07, 6.45) is 7.76. The predicted molar refractivity (Wildman–Crippen MR) is 75.9 cm³/mol. The van der Waals surface area contributed by atoms with Crippen molar-refractivity contribution in [3.05, 3.63) is 0 Å². The minimum atomic E-state index is 0.409. The van der Waals surface area contributed by atoms with E-state index < -0.39 is 0 Å². The van der Waals surface area contributed by atoms with Crippen LogP contribution < -0.4 is 5.32 Å². The zero-order valence-electron chi connectivity index (χ0n) is 12.4. The summed E-state index contributed by atoms with van der Waals surface area (Å²) < 4.78 is 11.2. The van der Waals surface area contributed by atoms with Gasteiger partial charge in [-0.1, -0.05) is 20.3 Å². The van der Waals surface area contributed by atoms with E-state index in [9.17, 15) is 0 Å². The monoisotopic (exact) mass is 257 g/mol. The first-order valence-electron chi connectivity index (χ1n) is 7.65. The van der Waals surface area contributed by atoms with Gasteiger partial charge in [-0.05, 0) is 44.6 Å². The molecule has 108 valence electrons. The van der Waals surface area contributed by atoms with E-state index in [1.165, 1.54) is 32.1 Å². The third kappa shape index (κ3) is 5.68. The predicted octanol–water partition coefficient (Wildman–Crippen LogP) is 2.99. The summed E-state index contributed by atoms with van der Waals surface area (Å²) in [6.45, 7) is 7.27. The Morgan fingerprint density at radius 2 is 2.00 bits per heavy atom. The van der Waals surface area contributed by atoms with Gasteiger partial charge in [-0.2, -0.15) is 0 Å². The molecule has 1 rings (SSSR count). The molecule has 0 amide bonds. The molecule has 0 bridgehead atoms. The molecule has 3 unspecified atom stereocenters. The molecule has 3 atom stereocenters. The SMILES string of the molecule is CCCNC1CCC(CC)CC1OCCCOC. The molecule has 1 aliphatic carbocycles. The fourth-order valence-corrected chi connectivity index (χ4v) is 2.77.